The van der Waals surface area contributed by atoms with E-state index in [2.05, 4.69) is 26.5 Å². The standard InChI is InChI=1S/C20H21BrN2O2/c1-14-11-18(21)12-15(2)20(14)25-13-19(24)23-22-16(3)9-10-17-7-5-4-6-8-17/h4-12H,13H2,1-3H3,(H,23,24)/b10-9-,22-16?. The van der Waals surface area contributed by atoms with E-state index in [4.69, 9.17) is 4.74 Å². The van der Waals surface area contributed by atoms with E-state index >= 15 is 0 Å². The number of ether oxygens (including phenoxy) is 1. The lowest BCUT2D eigenvalue weighted by atomic mass is 10.1. The van der Waals surface area contributed by atoms with Crippen LogP contribution >= 0.6 is 15.9 Å². The van der Waals surface area contributed by atoms with Gasteiger partial charge in [0.25, 0.3) is 5.91 Å². The predicted molar refractivity (Wildman–Crippen MR) is 106 cm³/mol. The Labute approximate surface area is 156 Å². The number of nitrogens with one attached hydrogen (secondary N) is 1. The maximum absolute atomic E-state index is 11.9. The van der Waals surface area contributed by atoms with Crippen molar-refractivity contribution in [3.05, 3.63) is 69.7 Å². The van der Waals surface area contributed by atoms with Crippen LogP contribution in [-0.4, -0.2) is 18.2 Å². The Hall–Kier alpha value is -2.40. The molecule has 0 saturated carbocycles. The van der Waals surface area contributed by atoms with Crippen LogP contribution in [0.2, 0.25) is 0 Å². The monoisotopic (exact) mass is 400 g/mol. The highest BCUT2D eigenvalue weighted by atomic mass is 79.9. The van der Waals surface area contributed by atoms with E-state index in [0.717, 1.165) is 26.9 Å². The maximum Gasteiger partial charge on any atom is 0.277 e. The van der Waals surface area contributed by atoms with Gasteiger partial charge >= 0.3 is 0 Å². The number of amides is 1. The lowest BCUT2D eigenvalue weighted by Gasteiger charge is -2.11. The minimum atomic E-state index is -0.297. The van der Waals surface area contributed by atoms with Crippen molar-refractivity contribution >= 4 is 33.6 Å². The van der Waals surface area contributed by atoms with Crippen LogP contribution in [0.15, 0.2) is 58.1 Å². The Balaban J connectivity index is 1.87. The Morgan fingerprint density at radius 3 is 2.48 bits per heavy atom. The number of halogens is 1. The first kappa shape index (κ1) is 18.9. The molecule has 1 amide bonds. The minimum Gasteiger partial charge on any atom is -0.483 e. The van der Waals surface area contributed by atoms with Crippen LogP contribution in [0.1, 0.15) is 23.6 Å². The zero-order valence-electron chi connectivity index (χ0n) is 14.5. The summed E-state index contributed by atoms with van der Waals surface area (Å²) in [5, 5.41) is 4.05. The van der Waals surface area contributed by atoms with Crippen LogP contribution in [0, 0.1) is 13.8 Å². The normalized spacial score (nSPS) is 11.6. The summed E-state index contributed by atoms with van der Waals surface area (Å²) < 4.78 is 6.62. The number of nitrogens with zero attached hydrogens (tertiary/aromatic N) is 1. The summed E-state index contributed by atoms with van der Waals surface area (Å²) in [6.07, 6.45) is 3.79. The van der Waals surface area contributed by atoms with E-state index in [9.17, 15) is 4.79 Å². The third-order valence-corrected chi connectivity index (χ3v) is 3.90. The SMILES string of the molecule is CC(/C=C\c1ccccc1)=NNC(=O)COc1c(C)cc(Br)cc1C. The topological polar surface area (TPSA) is 50.7 Å². The van der Waals surface area contributed by atoms with E-state index in [1.807, 2.05) is 75.4 Å². The number of hydrogen-bond donors (Lipinski definition) is 1. The molecule has 0 bridgehead atoms. The molecule has 2 aromatic rings. The first-order valence-electron chi connectivity index (χ1n) is 7.91. The van der Waals surface area contributed by atoms with E-state index in [0.29, 0.717) is 5.71 Å². The van der Waals surface area contributed by atoms with E-state index in [1.54, 1.807) is 0 Å². The number of allylic oxidation sites excluding steroid dienone is 1. The summed E-state index contributed by atoms with van der Waals surface area (Å²) in [5.74, 6) is 0.428. The summed E-state index contributed by atoms with van der Waals surface area (Å²) in [4.78, 5) is 11.9. The maximum atomic E-state index is 11.9. The minimum absolute atomic E-state index is 0.0809. The first-order valence-corrected chi connectivity index (χ1v) is 8.71. The van der Waals surface area contributed by atoms with Crippen molar-refractivity contribution in [1.82, 2.24) is 5.43 Å². The Kier molecular flexibility index (Phi) is 6.95. The molecular weight excluding hydrogens is 380 g/mol. The molecule has 2 rings (SSSR count). The Morgan fingerprint density at radius 1 is 1.20 bits per heavy atom. The number of hydrogen-bond acceptors (Lipinski definition) is 3. The smallest absolute Gasteiger partial charge is 0.277 e. The molecule has 0 radical (unpaired) electrons. The van der Waals surface area contributed by atoms with Crippen molar-refractivity contribution < 1.29 is 9.53 Å². The molecule has 4 nitrogen and oxygen atoms in total. The van der Waals surface area contributed by atoms with Crippen LogP contribution in [0.5, 0.6) is 5.75 Å². The third-order valence-electron chi connectivity index (χ3n) is 3.45. The average molecular weight is 401 g/mol. The van der Waals surface area contributed by atoms with Crippen LogP contribution in [0.3, 0.4) is 0 Å². The van der Waals surface area contributed by atoms with Gasteiger partial charge in [-0.3, -0.25) is 4.79 Å². The van der Waals surface area contributed by atoms with Crippen molar-refractivity contribution in [2.24, 2.45) is 5.10 Å². The fraction of sp³-hybridized carbons (Fsp3) is 0.200. The lowest BCUT2D eigenvalue weighted by molar-refractivity contribution is -0.123. The van der Waals surface area contributed by atoms with Crippen molar-refractivity contribution in [2.75, 3.05) is 6.61 Å². The molecule has 130 valence electrons. The molecule has 0 unspecified atom stereocenters. The zero-order chi connectivity index (χ0) is 18.2. The predicted octanol–water partition coefficient (Wildman–Crippen LogP) is 4.65. The van der Waals surface area contributed by atoms with Crippen molar-refractivity contribution in [1.29, 1.82) is 0 Å². The van der Waals surface area contributed by atoms with Gasteiger partial charge in [0, 0.05) is 4.47 Å². The number of hydrazone groups is 1. The number of benzene rings is 2. The van der Waals surface area contributed by atoms with E-state index in [1.165, 1.54) is 0 Å². The number of carbonyl (C=O) groups is 1. The fourth-order valence-electron chi connectivity index (χ4n) is 2.26. The van der Waals surface area contributed by atoms with Gasteiger partial charge in [0.1, 0.15) is 5.75 Å². The van der Waals surface area contributed by atoms with Crippen molar-refractivity contribution in [3.63, 3.8) is 0 Å². The molecule has 0 aliphatic rings. The Bertz CT molecular complexity index is 776. The molecule has 0 heterocycles. The van der Waals surface area contributed by atoms with Crippen LogP contribution in [-0.2, 0) is 4.79 Å². The second-order valence-electron chi connectivity index (χ2n) is 5.69. The molecule has 2 aromatic carbocycles. The number of carbonyl (C=O) groups excluding carboxylic acids is 1. The molecule has 0 fully saturated rings. The van der Waals surface area contributed by atoms with Gasteiger partial charge in [-0.2, -0.15) is 5.10 Å². The first-order chi connectivity index (χ1) is 12.0. The van der Waals surface area contributed by atoms with Gasteiger partial charge in [0.2, 0.25) is 0 Å². The van der Waals surface area contributed by atoms with E-state index in [-0.39, 0.29) is 12.5 Å². The van der Waals surface area contributed by atoms with E-state index < -0.39 is 0 Å². The van der Waals surface area contributed by atoms with Gasteiger partial charge in [-0.25, -0.2) is 5.43 Å². The highest BCUT2D eigenvalue weighted by molar-refractivity contribution is 9.10. The van der Waals surface area contributed by atoms with Gasteiger partial charge in [-0.05, 0) is 55.7 Å². The van der Waals surface area contributed by atoms with Crippen LogP contribution in [0.25, 0.3) is 6.08 Å². The van der Waals surface area contributed by atoms with Gasteiger partial charge in [-0.15, -0.1) is 0 Å². The van der Waals surface area contributed by atoms with Gasteiger partial charge in [-0.1, -0.05) is 52.3 Å². The highest BCUT2D eigenvalue weighted by Gasteiger charge is 2.08. The van der Waals surface area contributed by atoms with Gasteiger partial charge in [0.05, 0.1) is 5.71 Å². The molecule has 25 heavy (non-hydrogen) atoms. The zero-order valence-corrected chi connectivity index (χ0v) is 16.1. The molecule has 0 spiro atoms. The van der Waals surface area contributed by atoms with Crippen molar-refractivity contribution in [3.8, 4) is 5.75 Å². The van der Waals surface area contributed by atoms with Gasteiger partial charge < -0.3 is 4.74 Å². The molecule has 0 aliphatic heterocycles. The second-order valence-corrected chi connectivity index (χ2v) is 6.61. The molecule has 0 aromatic heterocycles. The van der Waals surface area contributed by atoms with Gasteiger partial charge in [0.15, 0.2) is 6.61 Å². The lowest BCUT2D eigenvalue weighted by Crippen LogP contribution is -2.25. The molecule has 0 saturated heterocycles. The third kappa shape index (κ3) is 6.19. The second kappa shape index (κ2) is 9.18. The summed E-state index contributed by atoms with van der Waals surface area (Å²) >= 11 is 3.44. The quantitative estimate of drug-likeness (QED) is 0.566. The van der Waals surface area contributed by atoms with Crippen LogP contribution < -0.4 is 10.2 Å². The average Bonchev–Trinajstić information content (AvgIpc) is 2.58. The molecule has 0 aliphatic carbocycles. The van der Waals surface area contributed by atoms with Crippen molar-refractivity contribution in [2.45, 2.75) is 20.8 Å². The summed E-state index contributed by atoms with van der Waals surface area (Å²) in [6, 6.07) is 13.8. The summed E-state index contributed by atoms with van der Waals surface area (Å²) in [5.41, 5.74) is 6.24. The van der Waals surface area contributed by atoms with Crippen LogP contribution in [0.4, 0.5) is 0 Å². The largest absolute Gasteiger partial charge is 0.483 e. The molecular formula is C20H21BrN2O2. The highest BCUT2D eigenvalue weighted by Crippen LogP contribution is 2.27. The molecule has 5 heteroatoms. The number of rotatable bonds is 6. The molecule has 0 atom stereocenters. The number of aryl methyl sites for hydroxylation is 2. The summed E-state index contributed by atoms with van der Waals surface area (Å²) in [6.45, 7) is 5.63. The fourth-order valence-corrected chi connectivity index (χ4v) is 2.95. The molecule has 1 N–H and O–H groups in total. The summed E-state index contributed by atoms with van der Waals surface area (Å²) in [7, 11) is 0. The Morgan fingerprint density at radius 2 is 1.84 bits per heavy atom.